The molecule has 0 fully saturated rings. The van der Waals surface area contributed by atoms with Crippen LogP contribution in [0.3, 0.4) is 0 Å². The van der Waals surface area contributed by atoms with Gasteiger partial charge in [-0.05, 0) is 12.1 Å². The lowest BCUT2D eigenvalue weighted by Crippen LogP contribution is -2.15. The van der Waals surface area contributed by atoms with Crippen LogP contribution in [0.1, 0.15) is 0 Å². The van der Waals surface area contributed by atoms with Gasteiger partial charge in [-0.2, -0.15) is 0 Å². The maximum atomic E-state index is 13.4. The van der Waals surface area contributed by atoms with E-state index in [4.69, 9.17) is 11.6 Å². The monoisotopic (exact) mass is 287 g/mol. The van der Waals surface area contributed by atoms with Crippen LogP contribution in [0.25, 0.3) is 0 Å². The van der Waals surface area contributed by atoms with Crippen LogP contribution in [-0.4, -0.2) is 18.4 Å². The lowest BCUT2D eigenvalue weighted by atomic mass is 10.4. The first-order chi connectivity index (χ1) is 8.49. The molecule has 2 aromatic rings. The molecule has 0 amide bonds. The quantitative estimate of drug-likeness (QED) is 0.938. The molecule has 1 N–H and O–H groups in total. The normalized spacial score (nSPS) is 11.2. The highest BCUT2D eigenvalue weighted by molar-refractivity contribution is 7.92. The summed E-state index contributed by atoms with van der Waals surface area (Å²) in [6, 6.07) is 5.02. The zero-order valence-corrected chi connectivity index (χ0v) is 10.4. The first-order valence-electron chi connectivity index (χ1n) is 4.74. The summed E-state index contributed by atoms with van der Waals surface area (Å²) < 4.78 is 39.2. The Balaban J connectivity index is 2.37. The van der Waals surface area contributed by atoms with Gasteiger partial charge in [-0.15, -0.1) is 0 Å². The van der Waals surface area contributed by atoms with Crippen molar-refractivity contribution in [2.45, 2.75) is 4.90 Å². The Bertz CT molecular complexity index is 678. The third-order valence-corrected chi connectivity index (χ3v) is 3.54. The highest BCUT2D eigenvalue weighted by Crippen LogP contribution is 2.17. The fourth-order valence-electron chi connectivity index (χ4n) is 1.25. The zero-order chi connectivity index (χ0) is 13.2. The summed E-state index contributed by atoms with van der Waals surface area (Å²) in [7, 11) is -4.05. The van der Waals surface area contributed by atoms with Gasteiger partial charge in [0, 0.05) is 0 Å². The van der Waals surface area contributed by atoms with Crippen molar-refractivity contribution >= 4 is 27.4 Å². The van der Waals surface area contributed by atoms with Gasteiger partial charge in [0.1, 0.15) is 15.9 Å². The highest BCUT2D eigenvalue weighted by atomic mass is 35.5. The molecule has 0 unspecified atom stereocenters. The summed E-state index contributed by atoms with van der Waals surface area (Å²) in [5.41, 5.74) is 0. The fraction of sp³-hybridized carbons (Fsp3) is 0. The van der Waals surface area contributed by atoms with Crippen LogP contribution in [0.5, 0.6) is 0 Å². The molecule has 0 aliphatic carbocycles. The number of rotatable bonds is 3. The number of halogens is 2. The maximum absolute atomic E-state index is 13.4. The second kappa shape index (κ2) is 4.87. The fourth-order valence-corrected chi connectivity index (χ4v) is 2.46. The van der Waals surface area contributed by atoms with E-state index in [1.165, 1.54) is 24.5 Å². The summed E-state index contributed by atoms with van der Waals surface area (Å²) in [4.78, 5) is 6.91. The van der Waals surface area contributed by atoms with E-state index >= 15 is 0 Å². The number of anilines is 1. The maximum Gasteiger partial charge on any atom is 0.266 e. The lowest BCUT2D eigenvalue weighted by Gasteiger charge is -2.07. The predicted molar refractivity (Wildman–Crippen MR) is 64.3 cm³/mol. The average molecular weight is 288 g/mol. The van der Waals surface area contributed by atoms with Gasteiger partial charge in [0.05, 0.1) is 12.4 Å². The Morgan fingerprint density at radius 3 is 2.61 bits per heavy atom. The van der Waals surface area contributed by atoms with Gasteiger partial charge in [-0.3, -0.25) is 9.71 Å². The van der Waals surface area contributed by atoms with Gasteiger partial charge in [0.2, 0.25) is 0 Å². The minimum absolute atomic E-state index is 0.0312. The average Bonchev–Trinajstić information content (AvgIpc) is 2.28. The standard InChI is InChI=1S/C10H7ClFN3O2S/c11-9-5-13-6-10(14-9)15-18(16,17)8-4-2-1-3-7(8)12/h1-6H,(H,14,15). The summed E-state index contributed by atoms with van der Waals surface area (Å²) in [6.45, 7) is 0. The molecular weight excluding hydrogens is 281 g/mol. The molecule has 1 aromatic heterocycles. The van der Waals surface area contributed by atoms with Gasteiger partial charge < -0.3 is 0 Å². The van der Waals surface area contributed by atoms with E-state index in [2.05, 4.69) is 14.7 Å². The van der Waals surface area contributed by atoms with Crippen LogP contribution in [0.2, 0.25) is 5.15 Å². The molecule has 1 aromatic carbocycles. The number of nitrogens with one attached hydrogen (secondary N) is 1. The lowest BCUT2D eigenvalue weighted by molar-refractivity contribution is 0.570. The number of hydrogen-bond acceptors (Lipinski definition) is 4. The van der Waals surface area contributed by atoms with E-state index in [0.717, 1.165) is 12.1 Å². The molecule has 1 heterocycles. The molecule has 5 nitrogen and oxygen atoms in total. The van der Waals surface area contributed by atoms with Crippen molar-refractivity contribution in [3.8, 4) is 0 Å². The van der Waals surface area contributed by atoms with E-state index in [1.54, 1.807) is 0 Å². The van der Waals surface area contributed by atoms with E-state index < -0.39 is 20.7 Å². The third kappa shape index (κ3) is 2.74. The first-order valence-corrected chi connectivity index (χ1v) is 6.60. The van der Waals surface area contributed by atoms with Crippen LogP contribution in [-0.2, 0) is 10.0 Å². The molecule has 94 valence electrons. The Labute approximate surface area is 108 Å². The minimum atomic E-state index is -4.05. The molecule has 0 saturated carbocycles. The van der Waals surface area contributed by atoms with Crippen LogP contribution in [0, 0.1) is 5.82 Å². The summed E-state index contributed by atoms with van der Waals surface area (Å²) in [5, 5.41) is 0.0312. The molecule has 18 heavy (non-hydrogen) atoms. The molecule has 8 heteroatoms. The number of aromatic nitrogens is 2. The van der Waals surface area contributed by atoms with E-state index in [0.29, 0.717) is 0 Å². The Morgan fingerprint density at radius 1 is 1.22 bits per heavy atom. The summed E-state index contributed by atoms with van der Waals surface area (Å²) >= 11 is 5.57. The molecule has 0 radical (unpaired) electrons. The van der Waals surface area contributed by atoms with Crippen LogP contribution in [0.15, 0.2) is 41.6 Å². The van der Waals surface area contributed by atoms with Crippen LogP contribution < -0.4 is 4.72 Å². The Morgan fingerprint density at radius 2 is 1.94 bits per heavy atom. The number of sulfonamides is 1. The second-order valence-electron chi connectivity index (χ2n) is 3.26. The van der Waals surface area contributed by atoms with E-state index in [-0.39, 0.29) is 11.0 Å². The van der Waals surface area contributed by atoms with Crippen molar-refractivity contribution in [3.05, 3.63) is 47.6 Å². The summed E-state index contributed by atoms with van der Waals surface area (Å²) in [6.07, 6.45) is 2.42. The largest absolute Gasteiger partial charge is 0.266 e. The third-order valence-electron chi connectivity index (χ3n) is 1.97. The molecule has 0 aliphatic rings. The highest BCUT2D eigenvalue weighted by Gasteiger charge is 2.19. The molecule has 0 bridgehead atoms. The van der Waals surface area contributed by atoms with Gasteiger partial charge in [0.15, 0.2) is 5.82 Å². The number of hydrogen-bond donors (Lipinski definition) is 1. The molecule has 0 aliphatic heterocycles. The summed E-state index contributed by atoms with van der Waals surface area (Å²) in [5.74, 6) is -0.925. The molecule has 0 spiro atoms. The predicted octanol–water partition coefficient (Wildman–Crippen LogP) is 2.07. The number of benzene rings is 1. The zero-order valence-electron chi connectivity index (χ0n) is 8.84. The Kier molecular flexibility index (Phi) is 3.44. The van der Waals surface area contributed by atoms with Crippen molar-refractivity contribution in [1.29, 1.82) is 0 Å². The minimum Gasteiger partial charge on any atom is -0.262 e. The molecule has 0 atom stereocenters. The molecule has 0 saturated heterocycles. The van der Waals surface area contributed by atoms with Gasteiger partial charge >= 0.3 is 0 Å². The van der Waals surface area contributed by atoms with E-state index in [9.17, 15) is 12.8 Å². The van der Waals surface area contributed by atoms with E-state index in [1.807, 2.05) is 0 Å². The van der Waals surface area contributed by atoms with Crippen molar-refractivity contribution in [1.82, 2.24) is 9.97 Å². The van der Waals surface area contributed by atoms with Gasteiger partial charge in [-0.25, -0.2) is 17.8 Å². The van der Waals surface area contributed by atoms with Gasteiger partial charge in [0.25, 0.3) is 10.0 Å². The SMILES string of the molecule is O=S(=O)(Nc1cncc(Cl)n1)c1ccccc1F. The smallest absolute Gasteiger partial charge is 0.262 e. The van der Waals surface area contributed by atoms with Crippen molar-refractivity contribution < 1.29 is 12.8 Å². The Hall–Kier alpha value is -1.73. The van der Waals surface area contributed by atoms with Gasteiger partial charge in [-0.1, -0.05) is 23.7 Å². The molecular formula is C10H7ClFN3O2S. The van der Waals surface area contributed by atoms with Crippen molar-refractivity contribution in [2.24, 2.45) is 0 Å². The van der Waals surface area contributed by atoms with Crippen LogP contribution >= 0.6 is 11.6 Å². The first kappa shape index (κ1) is 12.7. The van der Waals surface area contributed by atoms with Crippen molar-refractivity contribution in [3.63, 3.8) is 0 Å². The molecule has 2 rings (SSSR count). The van der Waals surface area contributed by atoms with Crippen molar-refractivity contribution in [2.75, 3.05) is 4.72 Å². The number of nitrogens with zero attached hydrogens (tertiary/aromatic N) is 2. The topological polar surface area (TPSA) is 72.0 Å². The van der Waals surface area contributed by atoms with Crippen LogP contribution in [0.4, 0.5) is 10.2 Å². The second-order valence-corrected chi connectivity index (χ2v) is 5.30.